The van der Waals surface area contributed by atoms with Crippen LogP contribution in [0.3, 0.4) is 0 Å². The molecular weight excluding hydrogens is 300 g/mol. The predicted octanol–water partition coefficient (Wildman–Crippen LogP) is 3.40. The van der Waals surface area contributed by atoms with Crippen LogP contribution in [0.15, 0.2) is 48.8 Å². The molecule has 24 heavy (non-hydrogen) atoms. The smallest absolute Gasteiger partial charge is 0.255 e. The van der Waals surface area contributed by atoms with Crippen LogP contribution < -0.4 is 11.1 Å². The molecule has 0 bridgehead atoms. The second-order valence-electron chi connectivity index (χ2n) is 6.69. The number of anilines is 1. The van der Waals surface area contributed by atoms with E-state index in [2.05, 4.69) is 22.2 Å². The maximum absolute atomic E-state index is 12.5. The highest BCUT2D eigenvalue weighted by Gasteiger charge is 2.39. The number of hydrogen-bond donors (Lipinski definition) is 3. The first kappa shape index (κ1) is 14.9. The van der Waals surface area contributed by atoms with E-state index in [-0.39, 0.29) is 11.4 Å². The van der Waals surface area contributed by atoms with E-state index in [0.29, 0.717) is 11.5 Å². The van der Waals surface area contributed by atoms with E-state index in [9.17, 15) is 4.79 Å². The molecule has 4 rings (SSSR count). The first-order chi connectivity index (χ1) is 11.6. The zero-order valence-corrected chi connectivity index (χ0v) is 13.5. The Hall–Kier alpha value is -2.66. The standard InChI is InChI=1S/C19H20N4O/c1-19(20,14-6-7-14)13-4-2-12(3-5-13)18(24)23-16-9-11-22-17-15(16)8-10-21-17/h2-5,8-11,14H,6-7,20H2,1H3,(H2,21,22,23,24). The minimum atomic E-state index is -0.308. The van der Waals surface area contributed by atoms with E-state index < -0.39 is 0 Å². The number of rotatable bonds is 4. The Morgan fingerprint density at radius 1 is 1.25 bits per heavy atom. The van der Waals surface area contributed by atoms with Crippen molar-refractivity contribution in [3.8, 4) is 0 Å². The summed E-state index contributed by atoms with van der Waals surface area (Å²) in [5.74, 6) is 0.413. The van der Waals surface area contributed by atoms with Gasteiger partial charge in [0.25, 0.3) is 5.91 Å². The molecule has 1 amide bonds. The number of benzene rings is 1. The van der Waals surface area contributed by atoms with Gasteiger partial charge in [0.15, 0.2) is 0 Å². The molecule has 5 nitrogen and oxygen atoms in total. The molecule has 3 aromatic rings. The molecule has 1 fully saturated rings. The van der Waals surface area contributed by atoms with E-state index in [0.717, 1.165) is 22.3 Å². The van der Waals surface area contributed by atoms with Crippen LogP contribution in [-0.4, -0.2) is 15.9 Å². The number of hydrogen-bond acceptors (Lipinski definition) is 3. The zero-order chi connectivity index (χ0) is 16.7. The van der Waals surface area contributed by atoms with Gasteiger partial charge in [-0.3, -0.25) is 4.79 Å². The number of nitrogens with zero attached hydrogens (tertiary/aromatic N) is 1. The van der Waals surface area contributed by atoms with Gasteiger partial charge in [0, 0.05) is 28.9 Å². The number of pyridine rings is 1. The van der Waals surface area contributed by atoms with Gasteiger partial charge < -0.3 is 16.0 Å². The first-order valence-electron chi connectivity index (χ1n) is 8.18. The van der Waals surface area contributed by atoms with Gasteiger partial charge in [-0.15, -0.1) is 0 Å². The summed E-state index contributed by atoms with van der Waals surface area (Å²) in [6.07, 6.45) is 5.85. The third kappa shape index (κ3) is 2.57. The minimum Gasteiger partial charge on any atom is -0.346 e. The highest BCUT2D eigenvalue weighted by atomic mass is 16.1. The maximum Gasteiger partial charge on any atom is 0.255 e. The molecule has 1 atom stereocenters. The van der Waals surface area contributed by atoms with Crippen LogP contribution in [0, 0.1) is 5.92 Å². The Balaban J connectivity index is 1.55. The zero-order valence-electron chi connectivity index (χ0n) is 13.5. The summed E-state index contributed by atoms with van der Waals surface area (Å²) in [5, 5.41) is 3.84. The molecule has 1 aromatic carbocycles. The van der Waals surface area contributed by atoms with E-state index in [4.69, 9.17) is 5.73 Å². The van der Waals surface area contributed by atoms with Gasteiger partial charge in [0.05, 0.1) is 5.69 Å². The summed E-state index contributed by atoms with van der Waals surface area (Å²) >= 11 is 0. The van der Waals surface area contributed by atoms with Crippen molar-refractivity contribution < 1.29 is 4.79 Å². The number of H-pyrrole nitrogens is 1. The summed E-state index contributed by atoms with van der Waals surface area (Å²) < 4.78 is 0. The van der Waals surface area contributed by atoms with Crippen LogP contribution in [0.25, 0.3) is 11.0 Å². The third-order valence-electron chi connectivity index (χ3n) is 4.90. The fourth-order valence-electron chi connectivity index (χ4n) is 3.16. The Kier molecular flexibility index (Phi) is 3.39. The SMILES string of the molecule is CC(N)(c1ccc(C(=O)Nc2ccnc3[nH]ccc23)cc1)C1CC1. The van der Waals surface area contributed by atoms with Crippen LogP contribution >= 0.6 is 0 Å². The minimum absolute atomic E-state index is 0.139. The van der Waals surface area contributed by atoms with E-state index in [1.54, 1.807) is 12.3 Å². The second kappa shape index (κ2) is 5.46. The summed E-state index contributed by atoms with van der Waals surface area (Å²) in [4.78, 5) is 19.8. The normalized spacial score (nSPS) is 16.8. The molecule has 2 aromatic heterocycles. The lowest BCUT2D eigenvalue weighted by Gasteiger charge is -2.25. The van der Waals surface area contributed by atoms with Crippen molar-refractivity contribution in [2.75, 3.05) is 5.32 Å². The third-order valence-corrected chi connectivity index (χ3v) is 4.90. The number of nitrogens with one attached hydrogen (secondary N) is 2. The maximum atomic E-state index is 12.5. The topological polar surface area (TPSA) is 83.8 Å². The number of aromatic nitrogens is 2. The van der Waals surface area contributed by atoms with Crippen LogP contribution in [0.1, 0.15) is 35.7 Å². The molecule has 0 saturated heterocycles. The van der Waals surface area contributed by atoms with Crippen molar-refractivity contribution in [2.24, 2.45) is 11.7 Å². The van der Waals surface area contributed by atoms with Gasteiger partial charge in [-0.2, -0.15) is 0 Å². The van der Waals surface area contributed by atoms with Crippen LogP contribution in [0.5, 0.6) is 0 Å². The summed E-state index contributed by atoms with van der Waals surface area (Å²) in [6.45, 7) is 2.07. The summed E-state index contributed by atoms with van der Waals surface area (Å²) in [6, 6.07) is 11.3. The highest BCUT2D eigenvalue weighted by molar-refractivity contribution is 6.08. The molecule has 1 aliphatic rings. The summed E-state index contributed by atoms with van der Waals surface area (Å²) in [7, 11) is 0. The van der Waals surface area contributed by atoms with Gasteiger partial charge in [-0.25, -0.2) is 4.98 Å². The fourth-order valence-corrected chi connectivity index (χ4v) is 3.16. The molecule has 0 radical (unpaired) electrons. The van der Waals surface area contributed by atoms with E-state index >= 15 is 0 Å². The molecule has 4 N–H and O–H groups in total. The van der Waals surface area contributed by atoms with Crippen molar-refractivity contribution in [3.05, 3.63) is 59.9 Å². The van der Waals surface area contributed by atoms with Crippen LogP contribution in [0.4, 0.5) is 5.69 Å². The number of carbonyl (C=O) groups excluding carboxylic acids is 1. The number of nitrogens with two attached hydrogens (primary N) is 1. The Morgan fingerprint density at radius 3 is 2.71 bits per heavy atom. The Morgan fingerprint density at radius 2 is 2.00 bits per heavy atom. The molecule has 2 heterocycles. The van der Waals surface area contributed by atoms with E-state index in [1.807, 2.05) is 36.5 Å². The largest absolute Gasteiger partial charge is 0.346 e. The predicted molar refractivity (Wildman–Crippen MR) is 94.8 cm³/mol. The lowest BCUT2D eigenvalue weighted by molar-refractivity contribution is 0.102. The Labute approximate surface area is 140 Å². The lowest BCUT2D eigenvalue weighted by Crippen LogP contribution is -2.35. The summed E-state index contributed by atoms with van der Waals surface area (Å²) in [5.41, 5.74) is 9.33. The van der Waals surface area contributed by atoms with Crippen molar-refractivity contribution in [2.45, 2.75) is 25.3 Å². The fraction of sp³-hybridized carbons (Fsp3) is 0.263. The van der Waals surface area contributed by atoms with Gasteiger partial charge in [-0.1, -0.05) is 12.1 Å². The average Bonchev–Trinajstić information content (AvgIpc) is 3.34. The molecule has 122 valence electrons. The molecule has 0 aliphatic heterocycles. The van der Waals surface area contributed by atoms with Gasteiger partial charge in [0.2, 0.25) is 0 Å². The van der Waals surface area contributed by atoms with Crippen molar-refractivity contribution >= 4 is 22.6 Å². The monoisotopic (exact) mass is 320 g/mol. The molecule has 0 spiro atoms. The number of carbonyl (C=O) groups is 1. The van der Waals surface area contributed by atoms with Crippen LogP contribution in [-0.2, 0) is 5.54 Å². The van der Waals surface area contributed by atoms with Gasteiger partial charge in [0.1, 0.15) is 5.65 Å². The van der Waals surface area contributed by atoms with Gasteiger partial charge in [-0.05, 0) is 55.5 Å². The van der Waals surface area contributed by atoms with E-state index in [1.165, 1.54) is 12.8 Å². The number of amides is 1. The average molecular weight is 320 g/mol. The van der Waals surface area contributed by atoms with Crippen molar-refractivity contribution in [1.82, 2.24) is 9.97 Å². The quantitative estimate of drug-likeness (QED) is 0.689. The van der Waals surface area contributed by atoms with Crippen molar-refractivity contribution in [1.29, 1.82) is 0 Å². The molecule has 1 saturated carbocycles. The first-order valence-corrected chi connectivity index (χ1v) is 8.18. The molecular formula is C19H20N4O. The molecule has 5 heteroatoms. The van der Waals surface area contributed by atoms with Gasteiger partial charge >= 0.3 is 0 Å². The highest BCUT2D eigenvalue weighted by Crippen LogP contribution is 2.43. The molecule has 1 aliphatic carbocycles. The molecule has 1 unspecified atom stereocenters. The van der Waals surface area contributed by atoms with Crippen LogP contribution in [0.2, 0.25) is 0 Å². The number of aromatic amines is 1. The number of fused-ring (bicyclic) bond motifs is 1. The lowest BCUT2D eigenvalue weighted by atomic mass is 9.87. The van der Waals surface area contributed by atoms with Crippen molar-refractivity contribution in [3.63, 3.8) is 0 Å². The second-order valence-corrected chi connectivity index (χ2v) is 6.69. The Bertz CT molecular complexity index is 891.